The number of nitrogens with one attached hydrogen (secondary N) is 2. The lowest BCUT2D eigenvalue weighted by atomic mass is 9.86. The molecule has 0 aliphatic rings. The van der Waals surface area contributed by atoms with Crippen molar-refractivity contribution in [3.8, 4) is 11.4 Å². The number of hydrogen-bond donors (Lipinski definition) is 3. The van der Waals surface area contributed by atoms with E-state index in [0.717, 1.165) is 0 Å². The Morgan fingerprint density at radius 1 is 1.43 bits per heavy atom. The van der Waals surface area contributed by atoms with Crippen LogP contribution in [0.15, 0.2) is 30.6 Å². The highest BCUT2D eigenvalue weighted by atomic mass is 16.3. The monoisotopic (exact) mass is 317 g/mol. The zero-order chi connectivity index (χ0) is 17.0. The highest BCUT2D eigenvalue weighted by molar-refractivity contribution is 5.93. The number of amides is 2. The van der Waals surface area contributed by atoms with E-state index >= 15 is 0 Å². The molecular weight excluding hydrogens is 294 g/mol. The minimum absolute atomic E-state index is 0.105. The van der Waals surface area contributed by atoms with Gasteiger partial charge in [0.15, 0.2) is 0 Å². The molecule has 0 radical (unpaired) electrons. The van der Waals surface area contributed by atoms with Crippen molar-refractivity contribution in [2.75, 3.05) is 19.0 Å². The molecule has 0 saturated carbocycles. The van der Waals surface area contributed by atoms with Gasteiger partial charge in [-0.2, -0.15) is 5.10 Å². The average Bonchev–Trinajstić information content (AvgIpc) is 2.95. The Labute approximate surface area is 135 Å². The van der Waals surface area contributed by atoms with Crippen LogP contribution in [0.5, 0.6) is 0 Å². The number of pyridine rings is 1. The van der Waals surface area contributed by atoms with Gasteiger partial charge in [0.1, 0.15) is 5.69 Å². The molecule has 23 heavy (non-hydrogen) atoms. The normalized spacial score (nSPS) is 12.7. The Morgan fingerprint density at radius 2 is 2.17 bits per heavy atom. The van der Waals surface area contributed by atoms with Crippen molar-refractivity contribution in [2.45, 2.75) is 26.8 Å². The number of nitrogens with zero attached hydrogens (tertiary/aromatic N) is 3. The van der Waals surface area contributed by atoms with E-state index in [2.05, 4.69) is 20.5 Å². The lowest BCUT2D eigenvalue weighted by Gasteiger charge is -2.36. The lowest BCUT2D eigenvalue weighted by Crippen LogP contribution is -2.48. The van der Waals surface area contributed by atoms with Gasteiger partial charge in [-0.3, -0.25) is 10.1 Å². The molecule has 2 aromatic heterocycles. The van der Waals surface area contributed by atoms with Gasteiger partial charge in [-0.25, -0.2) is 4.79 Å². The fourth-order valence-electron chi connectivity index (χ4n) is 2.41. The van der Waals surface area contributed by atoms with Crippen LogP contribution in [0.1, 0.15) is 20.8 Å². The van der Waals surface area contributed by atoms with Gasteiger partial charge in [-0.1, -0.05) is 26.8 Å². The number of urea groups is 1. The van der Waals surface area contributed by atoms with Gasteiger partial charge in [0.2, 0.25) is 0 Å². The van der Waals surface area contributed by atoms with Crippen molar-refractivity contribution in [3.63, 3.8) is 0 Å². The molecule has 7 heteroatoms. The maximum atomic E-state index is 12.5. The number of carbonyl (C=O) groups is 1. The second-order valence-corrected chi connectivity index (χ2v) is 6.48. The summed E-state index contributed by atoms with van der Waals surface area (Å²) in [5, 5.41) is 19.2. The van der Waals surface area contributed by atoms with Gasteiger partial charge in [0, 0.05) is 13.2 Å². The number of likely N-dealkylation sites (N-methyl/N-ethyl adjacent to an activating group) is 1. The van der Waals surface area contributed by atoms with Crippen molar-refractivity contribution in [3.05, 3.63) is 30.6 Å². The van der Waals surface area contributed by atoms with Crippen molar-refractivity contribution in [1.82, 2.24) is 20.1 Å². The van der Waals surface area contributed by atoms with Gasteiger partial charge in [0.25, 0.3) is 0 Å². The Kier molecular flexibility index (Phi) is 5.00. The second kappa shape index (κ2) is 6.78. The maximum absolute atomic E-state index is 12.5. The summed E-state index contributed by atoms with van der Waals surface area (Å²) < 4.78 is 0. The molecule has 0 saturated heterocycles. The quantitative estimate of drug-likeness (QED) is 0.806. The van der Waals surface area contributed by atoms with E-state index in [1.54, 1.807) is 19.4 Å². The minimum atomic E-state index is -0.308. The van der Waals surface area contributed by atoms with Crippen LogP contribution in [0.4, 0.5) is 10.5 Å². The molecule has 2 amide bonds. The van der Waals surface area contributed by atoms with Crippen LogP contribution >= 0.6 is 0 Å². The third-order valence-corrected chi connectivity index (χ3v) is 3.76. The first-order valence-corrected chi connectivity index (χ1v) is 7.44. The standard InChI is InChI=1S/C16H23N5O2/c1-16(2,3)13(10-22)21(4)15(23)19-12-9-18-20-14(12)11-7-5-6-8-17-11/h5-9,13,22H,10H2,1-4H3,(H,18,20)(H,19,23). The largest absolute Gasteiger partial charge is 0.394 e. The predicted octanol–water partition coefficient (Wildman–Crippen LogP) is 2.34. The minimum Gasteiger partial charge on any atom is -0.394 e. The third kappa shape index (κ3) is 3.87. The maximum Gasteiger partial charge on any atom is 0.322 e. The number of hydrogen-bond acceptors (Lipinski definition) is 4. The number of rotatable bonds is 4. The molecule has 0 bridgehead atoms. The van der Waals surface area contributed by atoms with E-state index in [0.29, 0.717) is 17.1 Å². The number of aromatic amines is 1. The fraction of sp³-hybridized carbons (Fsp3) is 0.438. The summed E-state index contributed by atoms with van der Waals surface area (Å²) in [7, 11) is 1.67. The van der Waals surface area contributed by atoms with E-state index in [1.165, 1.54) is 4.90 Å². The van der Waals surface area contributed by atoms with Crippen LogP contribution in [0, 0.1) is 5.41 Å². The molecule has 7 nitrogen and oxygen atoms in total. The summed E-state index contributed by atoms with van der Waals surface area (Å²) >= 11 is 0. The lowest BCUT2D eigenvalue weighted by molar-refractivity contribution is 0.0886. The predicted molar refractivity (Wildman–Crippen MR) is 88.9 cm³/mol. The summed E-state index contributed by atoms with van der Waals surface area (Å²) in [5.41, 5.74) is 1.65. The van der Waals surface area contributed by atoms with E-state index in [9.17, 15) is 9.90 Å². The number of carbonyl (C=O) groups excluding carboxylic acids is 1. The van der Waals surface area contributed by atoms with Crippen LogP contribution in [-0.4, -0.2) is 50.9 Å². The number of aromatic nitrogens is 3. The van der Waals surface area contributed by atoms with Gasteiger partial charge in [-0.05, 0) is 17.5 Å². The van der Waals surface area contributed by atoms with Crippen molar-refractivity contribution in [1.29, 1.82) is 0 Å². The molecule has 1 unspecified atom stereocenters. The van der Waals surface area contributed by atoms with Crippen LogP contribution in [0.25, 0.3) is 11.4 Å². The van der Waals surface area contributed by atoms with Gasteiger partial charge >= 0.3 is 6.03 Å². The summed E-state index contributed by atoms with van der Waals surface area (Å²) in [6.07, 6.45) is 3.22. The molecule has 0 spiro atoms. The molecule has 0 fully saturated rings. The number of H-pyrrole nitrogens is 1. The van der Waals surface area contributed by atoms with Gasteiger partial charge < -0.3 is 15.3 Å². The Balaban J connectivity index is 2.17. The zero-order valence-electron chi connectivity index (χ0n) is 13.9. The highest BCUT2D eigenvalue weighted by Gasteiger charge is 2.31. The topological polar surface area (TPSA) is 94.1 Å². The summed E-state index contributed by atoms with van der Waals surface area (Å²) in [6.45, 7) is 5.84. The van der Waals surface area contributed by atoms with Crippen molar-refractivity contribution < 1.29 is 9.90 Å². The molecule has 3 N–H and O–H groups in total. The van der Waals surface area contributed by atoms with Crippen LogP contribution in [0.2, 0.25) is 0 Å². The Bertz CT molecular complexity index is 648. The molecule has 0 aliphatic heterocycles. The summed E-state index contributed by atoms with van der Waals surface area (Å²) in [5.74, 6) is 0. The van der Waals surface area contributed by atoms with Crippen LogP contribution in [0.3, 0.4) is 0 Å². The van der Waals surface area contributed by atoms with Crippen molar-refractivity contribution in [2.24, 2.45) is 5.41 Å². The first-order valence-electron chi connectivity index (χ1n) is 7.44. The molecule has 0 aromatic carbocycles. The first kappa shape index (κ1) is 17.0. The van der Waals surface area contributed by atoms with Crippen molar-refractivity contribution >= 4 is 11.7 Å². The molecule has 1 atom stereocenters. The molecule has 2 heterocycles. The van der Waals surface area contributed by atoms with E-state index in [1.807, 2.05) is 39.0 Å². The van der Waals surface area contributed by atoms with Gasteiger partial charge in [0.05, 0.1) is 30.2 Å². The first-order chi connectivity index (χ1) is 10.8. The summed E-state index contributed by atoms with van der Waals surface area (Å²) in [4.78, 5) is 18.2. The molecular formula is C16H23N5O2. The van der Waals surface area contributed by atoms with Gasteiger partial charge in [-0.15, -0.1) is 0 Å². The molecule has 2 aromatic rings. The smallest absolute Gasteiger partial charge is 0.322 e. The molecule has 0 aliphatic carbocycles. The van der Waals surface area contributed by atoms with E-state index < -0.39 is 0 Å². The van der Waals surface area contributed by atoms with Crippen LogP contribution < -0.4 is 5.32 Å². The fourth-order valence-corrected chi connectivity index (χ4v) is 2.41. The van der Waals surface area contributed by atoms with E-state index in [-0.39, 0.29) is 24.1 Å². The second-order valence-electron chi connectivity index (χ2n) is 6.48. The summed E-state index contributed by atoms with van der Waals surface area (Å²) in [6, 6.07) is 4.91. The number of anilines is 1. The number of aliphatic hydroxyl groups excluding tert-OH is 1. The Hall–Kier alpha value is -2.41. The molecule has 124 valence electrons. The number of aliphatic hydroxyl groups is 1. The highest BCUT2D eigenvalue weighted by Crippen LogP contribution is 2.26. The molecule has 2 rings (SSSR count). The van der Waals surface area contributed by atoms with Crippen LogP contribution in [-0.2, 0) is 0 Å². The Morgan fingerprint density at radius 3 is 2.74 bits per heavy atom. The zero-order valence-corrected chi connectivity index (χ0v) is 13.9. The average molecular weight is 317 g/mol. The van der Waals surface area contributed by atoms with E-state index in [4.69, 9.17) is 0 Å². The SMILES string of the molecule is CN(C(=O)Nc1cn[nH]c1-c1ccccn1)C(CO)C(C)(C)C. The third-order valence-electron chi connectivity index (χ3n) is 3.76.